The standard InChI is InChI=1S/C14H28N2O.ClH/c1-3-6-13(11-12-7-4-5-8-12)14(17)16-10-9-15-2;/h12-13,15H,3-11H2,1-2H3,(H,16,17);1H. The van der Waals surface area contributed by atoms with Gasteiger partial charge in [-0.05, 0) is 25.8 Å². The minimum Gasteiger partial charge on any atom is -0.355 e. The van der Waals surface area contributed by atoms with Crippen LogP contribution in [0.1, 0.15) is 51.9 Å². The molecule has 1 rings (SSSR count). The molecule has 1 aliphatic rings. The van der Waals surface area contributed by atoms with Crippen LogP contribution in [0.5, 0.6) is 0 Å². The molecule has 0 heterocycles. The quantitative estimate of drug-likeness (QED) is 0.670. The van der Waals surface area contributed by atoms with Crippen LogP contribution in [-0.4, -0.2) is 26.0 Å². The normalized spacial score (nSPS) is 17.2. The number of likely N-dealkylation sites (N-methyl/N-ethyl adjacent to an activating group) is 1. The molecule has 1 unspecified atom stereocenters. The van der Waals surface area contributed by atoms with Crippen LogP contribution in [0.4, 0.5) is 0 Å². The van der Waals surface area contributed by atoms with Gasteiger partial charge in [-0.2, -0.15) is 0 Å². The second-order valence-corrected chi connectivity index (χ2v) is 5.27. The van der Waals surface area contributed by atoms with Gasteiger partial charge in [0.1, 0.15) is 0 Å². The molecule has 0 aromatic rings. The Labute approximate surface area is 118 Å². The van der Waals surface area contributed by atoms with Crippen molar-refractivity contribution >= 4 is 18.3 Å². The molecule has 1 aliphatic carbocycles. The fourth-order valence-electron chi connectivity index (χ4n) is 2.81. The lowest BCUT2D eigenvalue weighted by Crippen LogP contribution is -2.35. The molecule has 0 aromatic heterocycles. The SMILES string of the molecule is CCCC(CC1CCCC1)C(=O)NCCNC.Cl. The van der Waals surface area contributed by atoms with Crippen LogP contribution in [0.3, 0.4) is 0 Å². The summed E-state index contributed by atoms with van der Waals surface area (Å²) < 4.78 is 0. The third-order valence-electron chi connectivity index (χ3n) is 3.77. The molecule has 1 atom stereocenters. The highest BCUT2D eigenvalue weighted by molar-refractivity contribution is 5.85. The molecule has 0 aliphatic heterocycles. The van der Waals surface area contributed by atoms with E-state index in [1.807, 2.05) is 7.05 Å². The molecule has 2 N–H and O–H groups in total. The third kappa shape index (κ3) is 6.60. The summed E-state index contributed by atoms with van der Waals surface area (Å²) in [5.41, 5.74) is 0. The number of carbonyl (C=O) groups is 1. The predicted octanol–water partition coefficient (Wildman–Crippen LogP) is 2.74. The average Bonchev–Trinajstić information content (AvgIpc) is 2.81. The van der Waals surface area contributed by atoms with Crippen LogP contribution in [-0.2, 0) is 4.79 Å². The second-order valence-electron chi connectivity index (χ2n) is 5.27. The Bertz CT molecular complexity index is 218. The summed E-state index contributed by atoms with van der Waals surface area (Å²) >= 11 is 0. The zero-order valence-corrected chi connectivity index (χ0v) is 12.7. The number of rotatable bonds is 8. The highest BCUT2D eigenvalue weighted by Crippen LogP contribution is 2.31. The number of halogens is 1. The van der Waals surface area contributed by atoms with Crippen LogP contribution >= 0.6 is 12.4 Å². The van der Waals surface area contributed by atoms with E-state index in [0.717, 1.165) is 38.3 Å². The maximum absolute atomic E-state index is 12.1. The summed E-state index contributed by atoms with van der Waals surface area (Å²) in [5, 5.41) is 6.09. The minimum absolute atomic E-state index is 0. The first kappa shape index (κ1) is 17.7. The van der Waals surface area contributed by atoms with E-state index in [4.69, 9.17) is 0 Å². The van der Waals surface area contributed by atoms with Crippen LogP contribution in [0.15, 0.2) is 0 Å². The topological polar surface area (TPSA) is 41.1 Å². The highest BCUT2D eigenvalue weighted by Gasteiger charge is 2.24. The van der Waals surface area contributed by atoms with E-state index in [0.29, 0.717) is 0 Å². The van der Waals surface area contributed by atoms with Crippen molar-refractivity contribution in [3.63, 3.8) is 0 Å². The minimum atomic E-state index is 0. The summed E-state index contributed by atoms with van der Waals surface area (Å²) in [6.07, 6.45) is 8.67. The Kier molecular flexibility index (Phi) is 10.5. The van der Waals surface area contributed by atoms with Crippen molar-refractivity contribution in [3.8, 4) is 0 Å². The van der Waals surface area contributed by atoms with E-state index in [9.17, 15) is 4.79 Å². The molecule has 1 saturated carbocycles. The molecule has 1 amide bonds. The molecular weight excluding hydrogens is 248 g/mol. The summed E-state index contributed by atoms with van der Waals surface area (Å²) in [7, 11) is 1.91. The van der Waals surface area contributed by atoms with E-state index in [1.54, 1.807) is 0 Å². The van der Waals surface area contributed by atoms with Crippen molar-refractivity contribution < 1.29 is 4.79 Å². The van der Waals surface area contributed by atoms with Gasteiger partial charge in [0.05, 0.1) is 0 Å². The maximum atomic E-state index is 12.1. The lowest BCUT2D eigenvalue weighted by Gasteiger charge is -2.19. The molecule has 3 nitrogen and oxygen atoms in total. The predicted molar refractivity (Wildman–Crippen MR) is 79.2 cm³/mol. The fraction of sp³-hybridized carbons (Fsp3) is 0.929. The Morgan fingerprint density at radius 2 is 1.94 bits per heavy atom. The van der Waals surface area contributed by atoms with E-state index in [1.165, 1.54) is 25.7 Å². The highest BCUT2D eigenvalue weighted by atomic mass is 35.5. The summed E-state index contributed by atoms with van der Waals surface area (Å²) in [6, 6.07) is 0. The van der Waals surface area contributed by atoms with Gasteiger partial charge in [-0.1, -0.05) is 39.0 Å². The number of hydrogen-bond donors (Lipinski definition) is 2. The summed E-state index contributed by atoms with van der Waals surface area (Å²) in [4.78, 5) is 12.1. The van der Waals surface area contributed by atoms with Crippen molar-refractivity contribution in [2.75, 3.05) is 20.1 Å². The number of carbonyl (C=O) groups excluding carboxylic acids is 1. The Hall–Kier alpha value is -0.280. The smallest absolute Gasteiger partial charge is 0.223 e. The molecule has 0 radical (unpaired) electrons. The van der Waals surface area contributed by atoms with E-state index in [-0.39, 0.29) is 24.2 Å². The molecule has 18 heavy (non-hydrogen) atoms. The molecule has 108 valence electrons. The van der Waals surface area contributed by atoms with E-state index in [2.05, 4.69) is 17.6 Å². The molecule has 0 bridgehead atoms. The van der Waals surface area contributed by atoms with Gasteiger partial charge in [0, 0.05) is 19.0 Å². The molecule has 4 heteroatoms. The lowest BCUT2D eigenvalue weighted by atomic mass is 9.89. The molecule has 1 fully saturated rings. The average molecular weight is 277 g/mol. The molecule has 0 spiro atoms. The van der Waals surface area contributed by atoms with Crippen LogP contribution in [0.2, 0.25) is 0 Å². The Morgan fingerprint density at radius 3 is 2.50 bits per heavy atom. The van der Waals surface area contributed by atoms with Crippen LogP contribution in [0.25, 0.3) is 0 Å². The van der Waals surface area contributed by atoms with Crippen molar-refractivity contribution in [3.05, 3.63) is 0 Å². The number of amides is 1. The van der Waals surface area contributed by atoms with Crippen molar-refractivity contribution in [1.82, 2.24) is 10.6 Å². The molecular formula is C14H29ClN2O. The van der Waals surface area contributed by atoms with Gasteiger partial charge in [0.2, 0.25) is 5.91 Å². The first-order chi connectivity index (χ1) is 8.27. The Balaban J connectivity index is 0.00000289. The van der Waals surface area contributed by atoms with Crippen molar-refractivity contribution in [2.45, 2.75) is 51.9 Å². The van der Waals surface area contributed by atoms with Crippen molar-refractivity contribution in [2.24, 2.45) is 11.8 Å². The van der Waals surface area contributed by atoms with Gasteiger partial charge in [-0.25, -0.2) is 0 Å². The molecule has 0 aromatic carbocycles. The van der Waals surface area contributed by atoms with Gasteiger partial charge in [0.25, 0.3) is 0 Å². The van der Waals surface area contributed by atoms with Gasteiger partial charge in [-0.3, -0.25) is 4.79 Å². The first-order valence-electron chi connectivity index (χ1n) is 7.20. The van der Waals surface area contributed by atoms with Crippen molar-refractivity contribution in [1.29, 1.82) is 0 Å². The lowest BCUT2D eigenvalue weighted by molar-refractivity contribution is -0.125. The van der Waals surface area contributed by atoms with Gasteiger partial charge in [-0.15, -0.1) is 12.4 Å². The zero-order valence-electron chi connectivity index (χ0n) is 11.8. The third-order valence-corrected chi connectivity index (χ3v) is 3.77. The van der Waals surface area contributed by atoms with Crippen LogP contribution < -0.4 is 10.6 Å². The van der Waals surface area contributed by atoms with Gasteiger partial charge in [0.15, 0.2) is 0 Å². The second kappa shape index (κ2) is 10.6. The zero-order chi connectivity index (χ0) is 12.5. The van der Waals surface area contributed by atoms with E-state index >= 15 is 0 Å². The number of nitrogens with one attached hydrogen (secondary N) is 2. The van der Waals surface area contributed by atoms with Gasteiger partial charge >= 0.3 is 0 Å². The van der Waals surface area contributed by atoms with E-state index < -0.39 is 0 Å². The summed E-state index contributed by atoms with van der Waals surface area (Å²) in [5.74, 6) is 1.33. The monoisotopic (exact) mass is 276 g/mol. The Morgan fingerprint density at radius 1 is 1.28 bits per heavy atom. The number of hydrogen-bond acceptors (Lipinski definition) is 2. The first-order valence-corrected chi connectivity index (χ1v) is 7.20. The summed E-state index contributed by atoms with van der Waals surface area (Å²) in [6.45, 7) is 3.77. The fourth-order valence-corrected chi connectivity index (χ4v) is 2.81. The van der Waals surface area contributed by atoms with Gasteiger partial charge < -0.3 is 10.6 Å². The largest absolute Gasteiger partial charge is 0.355 e. The maximum Gasteiger partial charge on any atom is 0.223 e. The van der Waals surface area contributed by atoms with Crippen LogP contribution in [0, 0.1) is 11.8 Å². The molecule has 0 saturated heterocycles.